The molecule has 0 bridgehead atoms. The van der Waals surface area contributed by atoms with Crippen LogP contribution in [0.4, 0.5) is 0 Å². The minimum atomic E-state index is 0.732. The fourth-order valence-corrected chi connectivity index (χ4v) is 3.03. The van der Waals surface area contributed by atoms with E-state index in [2.05, 4.69) is 47.4 Å². The van der Waals surface area contributed by atoms with Crippen molar-refractivity contribution in [3.05, 3.63) is 36.0 Å². The van der Waals surface area contributed by atoms with E-state index in [9.17, 15) is 0 Å². The molecule has 1 unspecified atom stereocenters. The molecule has 2 nitrogen and oxygen atoms in total. The van der Waals surface area contributed by atoms with Crippen molar-refractivity contribution in [2.24, 2.45) is 7.05 Å². The molecule has 1 saturated heterocycles. The summed E-state index contributed by atoms with van der Waals surface area (Å²) >= 11 is 0. The zero-order chi connectivity index (χ0) is 11.7. The number of hydrogen-bond donors (Lipinski definition) is 1. The Hall–Kier alpha value is -1.28. The number of rotatable bonds is 1. The molecule has 1 aromatic heterocycles. The lowest BCUT2D eigenvalue weighted by atomic mass is 9.92. The van der Waals surface area contributed by atoms with Crippen LogP contribution in [-0.2, 0) is 7.05 Å². The monoisotopic (exact) mass is 228 g/mol. The lowest BCUT2D eigenvalue weighted by Crippen LogP contribution is -2.13. The average Bonchev–Trinajstić information content (AvgIpc) is 2.57. The highest BCUT2D eigenvalue weighted by Gasteiger charge is 2.18. The van der Waals surface area contributed by atoms with Crippen molar-refractivity contribution < 1.29 is 0 Å². The molecule has 0 aliphatic carbocycles. The number of benzene rings is 1. The van der Waals surface area contributed by atoms with Crippen LogP contribution in [-0.4, -0.2) is 17.7 Å². The van der Waals surface area contributed by atoms with Gasteiger partial charge in [-0.2, -0.15) is 0 Å². The SMILES string of the molecule is Cn1cc(C2CCCNCC2)c2ccccc21. The fourth-order valence-electron chi connectivity index (χ4n) is 3.03. The van der Waals surface area contributed by atoms with E-state index in [1.54, 1.807) is 5.56 Å². The summed E-state index contributed by atoms with van der Waals surface area (Å²) in [7, 11) is 2.15. The van der Waals surface area contributed by atoms with Gasteiger partial charge in [-0.15, -0.1) is 0 Å². The van der Waals surface area contributed by atoms with Gasteiger partial charge in [0.15, 0.2) is 0 Å². The zero-order valence-corrected chi connectivity index (χ0v) is 10.4. The Kier molecular flexibility index (Phi) is 2.89. The van der Waals surface area contributed by atoms with E-state index in [0.717, 1.165) is 12.5 Å². The molecule has 1 atom stereocenters. The van der Waals surface area contributed by atoms with Crippen LogP contribution < -0.4 is 5.32 Å². The third-order valence-corrected chi connectivity index (χ3v) is 3.94. The summed E-state index contributed by atoms with van der Waals surface area (Å²) < 4.78 is 2.27. The van der Waals surface area contributed by atoms with Crippen molar-refractivity contribution >= 4 is 10.9 Å². The van der Waals surface area contributed by atoms with Crippen LogP contribution in [0.5, 0.6) is 0 Å². The van der Waals surface area contributed by atoms with E-state index in [0.29, 0.717) is 0 Å². The van der Waals surface area contributed by atoms with Gasteiger partial charge in [0, 0.05) is 24.1 Å². The summed E-state index contributed by atoms with van der Waals surface area (Å²) in [4.78, 5) is 0. The first kappa shape index (κ1) is 10.8. The van der Waals surface area contributed by atoms with Gasteiger partial charge in [-0.3, -0.25) is 0 Å². The predicted molar refractivity (Wildman–Crippen MR) is 72.4 cm³/mol. The van der Waals surface area contributed by atoms with Crippen LogP contribution in [0.15, 0.2) is 30.5 Å². The van der Waals surface area contributed by atoms with Gasteiger partial charge in [0.2, 0.25) is 0 Å². The number of nitrogens with zero attached hydrogens (tertiary/aromatic N) is 1. The van der Waals surface area contributed by atoms with Crippen molar-refractivity contribution in [1.29, 1.82) is 0 Å². The molecule has 0 radical (unpaired) electrons. The first-order valence-corrected chi connectivity index (χ1v) is 6.61. The van der Waals surface area contributed by atoms with E-state index in [1.165, 1.54) is 36.7 Å². The summed E-state index contributed by atoms with van der Waals surface area (Å²) in [5.74, 6) is 0.732. The van der Waals surface area contributed by atoms with Crippen LogP contribution in [0.3, 0.4) is 0 Å². The third-order valence-electron chi connectivity index (χ3n) is 3.94. The molecule has 1 aliphatic rings. The molecule has 17 heavy (non-hydrogen) atoms. The number of para-hydroxylation sites is 1. The second-order valence-corrected chi connectivity index (χ2v) is 5.09. The predicted octanol–water partition coefficient (Wildman–Crippen LogP) is 3.04. The molecule has 3 rings (SSSR count). The minimum Gasteiger partial charge on any atom is -0.350 e. The van der Waals surface area contributed by atoms with Crippen molar-refractivity contribution in [3.8, 4) is 0 Å². The third kappa shape index (κ3) is 1.98. The maximum atomic E-state index is 3.50. The smallest absolute Gasteiger partial charge is 0.0480 e. The van der Waals surface area contributed by atoms with E-state index in [-0.39, 0.29) is 0 Å². The highest BCUT2D eigenvalue weighted by molar-refractivity contribution is 5.84. The van der Waals surface area contributed by atoms with Crippen LogP contribution in [0.25, 0.3) is 10.9 Å². The highest BCUT2D eigenvalue weighted by Crippen LogP contribution is 2.32. The summed E-state index contributed by atoms with van der Waals surface area (Å²) in [5, 5.41) is 4.94. The first-order valence-electron chi connectivity index (χ1n) is 6.61. The number of nitrogens with one attached hydrogen (secondary N) is 1. The molecule has 1 aliphatic heterocycles. The standard InChI is InChI=1S/C15H20N2/c1-17-11-14(12-5-4-9-16-10-8-12)13-6-2-3-7-15(13)17/h2-3,6-7,11-12,16H,4-5,8-10H2,1H3. The normalized spacial score (nSPS) is 21.6. The molecule has 2 heteroatoms. The van der Waals surface area contributed by atoms with Crippen molar-refractivity contribution in [2.75, 3.05) is 13.1 Å². The largest absolute Gasteiger partial charge is 0.350 e. The van der Waals surface area contributed by atoms with Gasteiger partial charge in [0.1, 0.15) is 0 Å². The maximum Gasteiger partial charge on any atom is 0.0480 e. The average molecular weight is 228 g/mol. The van der Waals surface area contributed by atoms with E-state index in [1.807, 2.05) is 0 Å². The maximum absolute atomic E-state index is 3.50. The summed E-state index contributed by atoms with van der Waals surface area (Å²) in [5.41, 5.74) is 2.91. The van der Waals surface area contributed by atoms with Crippen molar-refractivity contribution in [1.82, 2.24) is 9.88 Å². The van der Waals surface area contributed by atoms with Gasteiger partial charge in [-0.1, -0.05) is 18.2 Å². The van der Waals surface area contributed by atoms with E-state index in [4.69, 9.17) is 0 Å². The van der Waals surface area contributed by atoms with E-state index < -0.39 is 0 Å². The Morgan fingerprint density at radius 1 is 1.18 bits per heavy atom. The molecule has 0 amide bonds. The minimum absolute atomic E-state index is 0.732. The summed E-state index contributed by atoms with van der Waals surface area (Å²) in [6.07, 6.45) is 6.23. The lowest BCUT2D eigenvalue weighted by Gasteiger charge is -2.12. The molecule has 2 aromatic rings. The first-order chi connectivity index (χ1) is 8.36. The summed E-state index contributed by atoms with van der Waals surface area (Å²) in [6.45, 7) is 2.34. The Morgan fingerprint density at radius 2 is 2.06 bits per heavy atom. The topological polar surface area (TPSA) is 17.0 Å². The Labute approximate surface area is 103 Å². The molecule has 1 fully saturated rings. The van der Waals surface area contributed by atoms with E-state index >= 15 is 0 Å². The Balaban J connectivity index is 2.04. The van der Waals surface area contributed by atoms with Gasteiger partial charge >= 0.3 is 0 Å². The quantitative estimate of drug-likeness (QED) is 0.794. The molecular weight excluding hydrogens is 208 g/mol. The second kappa shape index (κ2) is 4.53. The Morgan fingerprint density at radius 3 is 3.00 bits per heavy atom. The van der Waals surface area contributed by atoms with Gasteiger partial charge < -0.3 is 9.88 Å². The van der Waals surface area contributed by atoms with Gasteiger partial charge in [-0.25, -0.2) is 0 Å². The zero-order valence-electron chi connectivity index (χ0n) is 10.4. The molecule has 0 saturated carbocycles. The number of hydrogen-bond acceptors (Lipinski definition) is 1. The number of aryl methyl sites for hydroxylation is 1. The van der Waals surface area contributed by atoms with Crippen LogP contribution >= 0.6 is 0 Å². The summed E-state index contributed by atoms with van der Waals surface area (Å²) in [6, 6.07) is 8.76. The van der Waals surface area contributed by atoms with Gasteiger partial charge in [0.05, 0.1) is 0 Å². The van der Waals surface area contributed by atoms with Gasteiger partial charge in [-0.05, 0) is 49.9 Å². The van der Waals surface area contributed by atoms with Crippen LogP contribution in [0.2, 0.25) is 0 Å². The molecule has 1 aromatic carbocycles. The van der Waals surface area contributed by atoms with Crippen molar-refractivity contribution in [2.45, 2.75) is 25.2 Å². The lowest BCUT2D eigenvalue weighted by molar-refractivity contribution is 0.611. The molecule has 1 N–H and O–H groups in total. The molecule has 2 heterocycles. The molecule has 90 valence electrons. The number of aromatic nitrogens is 1. The Bertz CT molecular complexity index is 505. The van der Waals surface area contributed by atoms with Gasteiger partial charge in [0.25, 0.3) is 0 Å². The van der Waals surface area contributed by atoms with Crippen molar-refractivity contribution in [3.63, 3.8) is 0 Å². The molecule has 0 spiro atoms. The van der Waals surface area contributed by atoms with Crippen LogP contribution in [0.1, 0.15) is 30.7 Å². The fraction of sp³-hybridized carbons (Fsp3) is 0.467. The molecular formula is C15H20N2. The highest BCUT2D eigenvalue weighted by atomic mass is 14.9. The van der Waals surface area contributed by atoms with Crippen LogP contribution in [0, 0.1) is 0 Å². The number of fused-ring (bicyclic) bond motifs is 1. The second-order valence-electron chi connectivity index (χ2n) is 5.09.